The number of aliphatic hydroxyl groups is 1. The summed E-state index contributed by atoms with van der Waals surface area (Å²) in [5.74, 6) is 0.159. The van der Waals surface area contributed by atoms with Crippen molar-refractivity contribution in [1.29, 1.82) is 0 Å². The van der Waals surface area contributed by atoms with Crippen molar-refractivity contribution in [2.45, 2.75) is 18.6 Å². The fourth-order valence-electron chi connectivity index (χ4n) is 4.20. The summed E-state index contributed by atoms with van der Waals surface area (Å²) in [6, 6.07) is 17.8. The van der Waals surface area contributed by atoms with Crippen LogP contribution in [0.25, 0.3) is 0 Å². The first kappa shape index (κ1) is 22.1. The van der Waals surface area contributed by atoms with Gasteiger partial charge >= 0.3 is 0 Å². The highest BCUT2D eigenvalue weighted by Crippen LogP contribution is 2.45. The van der Waals surface area contributed by atoms with Crippen LogP contribution in [0.2, 0.25) is 0 Å². The lowest BCUT2D eigenvalue weighted by Gasteiger charge is -2.23. The van der Waals surface area contributed by atoms with E-state index in [2.05, 4.69) is 31.9 Å². The van der Waals surface area contributed by atoms with Gasteiger partial charge in [0.2, 0.25) is 0 Å². The quantitative estimate of drug-likeness (QED) is 0.436. The third-order valence-corrected chi connectivity index (χ3v) is 7.13. The molecule has 0 spiro atoms. The first-order valence-electron chi connectivity index (χ1n) is 10.4. The van der Waals surface area contributed by atoms with E-state index in [1.165, 1.54) is 4.90 Å². The summed E-state index contributed by atoms with van der Waals surface area (Å²) >= 11 is 6.94. The molecule has 0 aromatic heterocycles. The van der Waals surface area contributed by atoms with Crippen LogP contribution in [-0.4, -0.2) is 30.0 Å². The molecule has 33 heavy (non-hydrogen) atoms. The Balaban J connectivity index is 1.49. The monoisotopic (exact) mass is 571 g/mol. The van der Waals surface area contributed by atoms with E-state index in [-0.39, 0.29) is 18.7 Å². The van der Waals surface area contributed by atoms with Gasteiger partial charge in [0.25, 0.3) is 5.91 Å². The van der Waals surface area contributed by atoms with Gasteiger partial charge in [-0.3, -0.25) is 9.59 Å². The van der Waals surface area contributed by atoms with Crippen molar-refractivity contribution in [2.75, 3.05) is 18.1 Å². The number of amides is 1. The number of Topliss-reactive ketones (excluding diaryl/α,β-unsaturated/α-hetero) is 1. The third kappa shape index (κ3) is 3.96. The molecule has 8 heteroatoms. The number of rotatable bonds is 5. The van der Waals surface area contributed by atoms with Crippen molar-refractivity contribution in [3.8, 4) is 11.5 Å². The van der Waals surface area contributed by atoms with Gasteiger partial charge in [0, 0.05) is 20.1 Å². The van der Waals surface area contributed by atoms with Crippen molar-refractivity contribution in [3.63, 3.8) is 0 Å². The van der Waals surface area contributed by atoms with Gasteiger partial charge in [-0.1, -0.05) is 50.1 Å². The Morgan fingerprint density at radius 2 is 1.76 bits per heavy atom. The zero-order valence-electron chi connectivity index (χ0n) is 17.4. The molecule has 0 saturated carbocycles. The van der Waals surface area contributed by atoms with Crippen molar-refractivity contribution < 1.29 is 24.2 Å². The molecular weight excluding hydrogens is 554 g/mol. The average molecular weight is 573 g/mol. The predicted molar refractivity (Wildman–Crippen MR) is 130 cm³/mol. The summed E-state index contributed by atoms with van der Waals surface area (Å²) in [4.78, 5) is 28.3. The van der Waals surface area contributed by atoms with Gasteiger partial charge in [-0.15, -0.1) is 0 Å². The third-order valence-electron chi connectivity index (χ3n) is 5.86. The van der Waals surface area contributed by atoms with Gasteiger partial charge < -0.3 is 19.5 Å². The Bertz CT molecular complexity index is 1280. The van der Waals surface area contributed by atoms with Gasteiger partial charge in [-0.25, -0.2) is 0 Å². The summed E-state index contributed by atoms with van der Waals surface area (Å²) in [5.41, 5.74) is 0.240. The van der Waals surface area contributed by atoms with Crippen molar-refractivity contribution in [2.24, 2.45) is 0 Å². The molecule has 1 N–H and O–H groups in total. The Morgan fingerprint density at radius 1 is 1.00 bits per heavy atom. The smallest absolute Gasteiger partial charge is 0.264 e. The summed E-state index contributed by atoms with van der Waals surface area (Å²) in [7, 11) is 0. The molecule has 1 unspecified atom stereocenters. The number of anilines is 1. The van der Waals surface area contributed by atoms with Crippen LogP contribution in [0.4, 0.5) is 5.69 Å². The first-order valence-corrected chi connectivity index (χ1v) is 12.0. The van der Waals surface area contributed by atoms with Crippen LogP contribution in [0.5, 0.6) is 11.5 Å². The van der Waals surface area contributed by atoms with Crippen LogP contribution in [0.1, 0.15) is 27.9 Å². The number of nitrogens with zero attached hydrogens (tertiary/aromatic N) is 1. The second kappa shape index (κ2) is 8.59. The van der Waals surface area contributed by atoms with Crippen LogP contribution in [-0.2, 0) is 16.9 Å². The fraction of sp³-hybridized carbons (Fsp3) is 0.200. The molecule has 0 aliphatic carbocycles. The molecule has 6 nitrogen and oxygen atoms in total. The van der Waals surface area contributed by atoms with Crippen molar-refractivity contribution in [3.05, 3.63) is 86.3 Å². The zero-order chi connectivity index (χ0) is 23.2. The molecule has 2 aliphatic rings. The lowest BCUT2D eigenvalue weighted by Crippen LogP contribution is -2.41. The Kier molecular flexibility index (Phi) is 5.76. The first-order chi connectivity index (χ1) is 15.9. The topological polar surface area (TPSA) is 76.1 Å². The molecular formula is C25H19Br2NO5. The van der Waals surface area contributed by atoms with E-state index in [0.717, 1.165) is 10.0 Å². The molecule has 0 radical (unpaired) electrons. The Morgan fingerprint density at radius 3 is 2.55 bits per heavy atom. The SMILES string of the molecule is O=C(CC1(O)C(=O)N(Cc2ccccc2Br)c2ccc(Br)cc21)c1ccc2c(c1)OCCO2. The number of ether oxygens (including phenoxy) is 2. The molecule has 3 aromatic rings. The minimum absolute atomic E-state index is 0.259. The van der Waals surface area contributed by atoms with Gasteiger partial charge in [-0.2, -0.15) is 0 Å². The largest absolute Gasteiger partial charge is 0.486 e. The van der Waals surface area contributed by atoms with Gasteiger partial charge in [0.1, 0.15) is 13.2 Å². The van der Waals surface area contributed by atoms with E-state index in [9.17, 15) is 14.7 Å². The normalized spacial score (nSPS) is 18.9. The second-order valence-corrected chi connectivity index (χ2v) is 9.73. The van der Waals surface area contributed by atoms with E-state index in [0.29, 0.717) is 46.0 Å². The van der Waals surface area contributed by atoms with E-state index in [1.807, 2.05) is 30.3 Å². The van der Waals surface area contributed by atoms with Crippen LogP contribution < -0.4 is 14.4 Å². The van der Waals surface area contributed by atoms with Crippen LogP contribution in [0.15, 0.2) is 69.6 Å². The van der Waals surface area contributed by atoms with E-state index in [1.54, 1.807) is 30.3 Å². The van der Waals surface area contributed by atoms with E-state index >= 15 is 0 Å². The number of benzene rings is 3. The molecule has 0 bridgehead atoms. The molecule has 0 fully saturated rings. The molecule has 168 valence electrons. The predicted octanol–water partition coefficient (Wildman–Crippen LogP) is 4.99. The van der Waals surface area contributed by atoms with Crippen LogP contribution >= 0.6 is 31.9 Å². The van der Waals surface area contributed by atoms with Gasteiger partial charge in [0.15, 0.2) is 22.9 Å². The van der Waals surface area contributed by atoms with Crippen molar-refractivity contribution in [1.82, 2.24) is 0 Å². The summed E-state index contributed by atoms with van der Waals surface area (Å²) in [5, 5.41) is 11.6. The molecule has 1 atom stereocenters. The summed E-state index contributed by atoms with van der Waals surface area (Å²) in [6.45, 7) is 1.11. The maximum atomic E-state index is 13.6. The number of carbonyl (C=O) groups excluding carboxylic acids is 2. The Hall–Kier alpha value is -2.68. The number of ketones is 1. The lowest BCUT2D eigenvalue weighted by atomic mass is 9.88. The van der Waals surface area contributed by atoms with Crippen molar-refractivity contribution >= 4 is 49.2 Å². The van der Waals surface area contributed by atoms with E-state index < -0.39 is 11.5 Å². The highest BCUT2D eigenvalue weighted by Gasteiger charge is 2.51. The number of fused-ring (bicyclic) bond motifs is 2. The minimum Gasteiger partial charge on any atom is -0.486 e. The molecule has 2 heterocycles. The highest BCUT2D eigenvalue weighted by molar-refractivity contribution is 9.10. The van der Waals surface area contributed by atoms with Crippen LogP contribution in [0, 0.1) is 0 Å². The van der Waals surface area contributed by atoms with Crippen LogP contribution in [0.3, 0.4) is 0 Å². The average Bonchev–Trinajstić information content (AvgIpc) is 3.01. The zero-order valence-corrected chi connectivity index (χ0v) is 20.6. The fourth-order valence-corrected chi connectivity index (χ4v) is 4.97. The maximum Gasteiger partial charge on any atom is 0.264 e. The highest BCUT2D eigenvalue weighted by atomic mass is 79.9. The molecule has 1 amide bonds. The standard InChI is InChI=1S/C25H19Br2NO5/c26-17-6-7-20-18(12-17)25(31,24(30)28(20)14-16-3-1-2-4-19(16)27)13-21(29)15-5-8-22-23(11-15)33-10-9-32-22/h1-8,11-12,31H,9-10,13-14H2. The minimum atomic E-state index is -1.98. The summed E-state index contributed by atoms with van der Waals surface area (Å²) < 4.78 is 12.7. The Labute approximate surface area is 207 Å². The number of hydrogen-bond acceptors (Lipinski definition) is 5. The van der Waals surface area contributed by atoms with Gasteiger partial charge in [0.05, 0.1) is 18.7 Å². The number of halogens is 2. The second-order valence-electron chi connectivity index (χ2n) is 7.96. The number of hydrogen-bond donors (Lipinski definition) is 1. The molecule has 2 aliphatic heterocycles. The van der Waals surface area contributed by atoms with E-state index in [4.69, 9.17) is 9.47 Å². The number of carbonyl (C=O) groups is 2. The molecule has 0 saturated heterocycles. The molecule has 5 rings (SSSR count). The van der Waals surface area contributed by atoms with Gasteiger partial charge in [-0.05, 0) is 48.0 Å². The summed E-state index contributed by atoms with van der Waals surface area (Å²) in [6.07, 6.45) is -0.388. The lowest BCUT2D eigenvalue weighted by molar-refractivity contribution is -0.136. The maximum absolute atomic E-state index is 13.6. The molecule has 3 aromatic carbocycles.